The van der Waals surface area contributed by atoms with Crippen molar-refractivity contribution >= 4 is 10.0 Å². The van der Waals surface area contributed by atoms with E-state index in [1.54, 1.807) is 36.7 Å². The SMILES string of the molecule is CC(C)c1ccc(S(=O)(=O)NCCc2nnc(-c3ccncc3)o2)cc1. The number of pyridine rings is 1. The molecule has 0 atom stereocenters. The van der Waals surface area contributed by atoms with E-state index < -0.39 is 10.0 Å². The Bertz CT molecular complexity index is 952. The third-order valence-electron chi connectivity index (χ3n) is 3.88. The quantitative estimate of drug-likeness (QED) is 0.685. The molecule has 1 aromatic carbocycles. The summed E-state index contributed by atoms with van der Waals surface area (Å²) in [5, 5.41) is 7.91. The second-order valence-electron chi connectivity index (χ2n) is 6.11. The van der Waals surface area contributed by atoms with Crippen LogP contribution in [0.25, 0.3) is 11.5 Å². The van der Waals surface area contributed by atoms with E-state index in [2.05, 4.69) is 33.8 Å². The third-order valence-corrected chi connectivity index (χ3v) is 5.36. The maximum Gasteiger partial charge on any atom is 0.247 e. The minimum atomic E-state index is -3.57. The molecule has 8 heteroatoms. The van der Waals surface area contributed by atoms with Gasteiger partial charge in [-0.3, -0.25) is 4.98 Å². The van der Waals surface area contributed by atoms with Crippen molar-refractivity contribution in [2.75, 3.05) is 6.54 Å². The van der Waals surface area contributed by atoms with Gasteiger partial charge < -0.3 is 4.42 Å². The summed E-state index contributed by atoms with van der Waals surface area (Å²) < 4.78 is 32.8. The summed E-state index contributed by atoms with van der Waals surface area (Å²) in [5.74, 6) is 1.11. The van der Waals surface area contributed by atoms with E-state index in [-0.39, 0.29) is 11.4 Å². The molecule has 0 bridgehead atoms. The number of benzene rings is 1. The van der Waals surface area contributed by atoms with Crippen molar-refractivity contribution in [2.24, 2.45) is 0 Å². The second-order valence-corrected chi connectivity index (χ2v) is 7.88. The molecule has 7 nitrogen and oxygen atoms in total. The predicted octanol–water partition coefficient (Wildman–Crippen LogP) is 2.78. The van der Waals surface area contributed by atoms with E-state index in [0.717, 1.165) is 11.1 Å². The number of aromatic nitrogens is 3. The maximum absolute atomic E-state index is 12.3. The van der Waals surface area contributed by atoms with Gasteiger partial charge in [-0.25, -0.2) is 13.1 Å². The van der Waals surface area contributed by atoms with Crippen molar-refractivity contribution < 1.29 is 12.8 Å². The summed E-state index contributed by atoms with van der Waals surface area (Å²) in [6.45, 7) is 4.30. The molecule has 0 saturated heterocycles. The van der Waals surface area contributed by atoms with Crippen molar-refractivity contribution in [1.82, 2.24) is 19.9 Å². The molecule has 1 N–H and O–H groups in total. The number of nitrogens with one attached hydrogen (secondary N) is 1. The Balaban J connectivity index is 1.59. The normalized spacial score (nSPS) is 11.8. The summed E-state index contributed by atoms with van der Waals surface area (Å²) in [6, 6.07) is 10.4. The van der Waals surface area contributed by atoms with Crippen LogP contribution in [0.15, 0.2) is 58.1 Å². The van der Waals surface area contributed by atoms with Crippen LogP contribution in [0.1, 0.15) is 31.2 Å². The molecule has 0 aliphatic rings. The molecule has 26 heavy (non-hydrogen) atoms. The number of hydrogen-bond acceptors (Lipinski definition) is 6. The molecular formula is C18H20N4O3S. The summed E-state index contributed by atoms with van der Waals surface area (Å²) in [6.07, 6.45) is 3.58. The summed E-state index contributed by atoms with van der Waals surface area (Å²) in [5.41, 5.74) is 1.86. The van der Waals surface area contributed by atoms with Gasteiger partial charge in [0.05, 0.1) is 4.90 Å². The minimum Gasteiger partial charge on any atom is -0.421 e. The number of nitrogens with zero attached hydrogens (tertiary/aromatic N) is 3. The van der Waals surface area contributed by atoms with E-state index in [9.17, 15) is 8.42 Å². The molecule has 136 valence electrons. The van der Waals surface area contributed by atoms with Gasteiger partial charge in [0, 0.05) is 30.9 Å². The van der Waals surface area contributed by atoms with Crippen molar-refractivity contribution in [3.8, 4) is 11.5 Å². The molecule has 0 amide bonds. The Morgan fingerprint density at radius 2 is 1.73 bits per heavy atom. The molecule has 3 rings (SSSR count). The first kappa shape index (κ1) is 18.2. The lowest BCUT2D eigenvalue weighted by molar-refractivity contribution is 0.502. The molecule has 2 heterocycles. The Kier molecular flexibility index (Phi) is 5.43. The third kappa shape index (κ3) is 4.33. The molecule has 0 unspecified atom stereocenters. The fraction of sp³-hybridized carbons (Fsp3) is 0.278. The zero-order chi connectivity index (χ0) is 18.6. The van der Waals surface area contributed by atoms with Crippen LogP contribution in [0.3, 0.4) is 0 Å². The smallest absolute Gasteiger partial charge is 0.247 e. The Hall–Kier alpha value is -2.58. The van der Waals surface area contributed by atoms with Crippen LogP contribution in [0.5, 0.6) is 0 Å². The second kappa shape index (κ2) is 7.76. The van der Waals surface area contributed by atoms with Crippen molar-refractivity contribution in [2.45, 2.75) is 31.1 Å². The van der Waals surface area contributed by atoms with E-state index in [1.165, 1.54) is 0 Å². The van der Waals surface area contributed by atoms with Crippen LogP contribution in [-0.2, 0) is 16.4 Å². The molecule has 0 aliphatic heterocycles. The Labute approximate surface area is 152 Å². The highest BCUT2D eigenvalue weighted by atomic mass is 32.2. The number of hydrogen-bond donors (Lipinski definition) is 1. The van der Waals surface area contributed by atoms with E-state index in [1.807, 2.05) is 12.1 Å². The molecule has 0 aliphatic carbocycles. The van der Waals surface area contributed by atoms with E-state index >= 15 is 0 Å². The Morgan fingerprint density at radius 1 is 1.04 bits per heavy atom. The number of rotatable bonds is 7. The maximum atomic E-state index is 12.3. The van der Waals surface area contributed by atoms with Crippen LogP contribution >= 0.6 is 0 Å². The van der Waals surface area contributed by atoms with Gasteiger partial charge in [-0.05, 0) is 35.7 Å². The molecule has 3 aromatic rings. The Morgan fingerprint density at radius 3 is 2.38 bits per heavy atom. The zero-order valence-corrected chi connectivity index (χ0v) is 15.4. The molecule has 2 aromatic heterocycles. The molecule has 0 spiro atoms. The van der Waals surface area contributed by atoms with Gasteiger partial charge in [0.1, 0.15) is 0 Å². The molecule has 0 fully saturated rings. The van der Waals surface area contributed by atoms with Gasteiger partial charge in [0.25, 0.3) is 0 Å². The lowest BCUT2D eigenvalue weighted by Gasteiger charge is -2.08. The van der Waals surface area contributed by atoms with Gasteiger partial charge >= 0.3 is 0 Å². The van der Waals surface area contributed by atoms with Crippen molar-refractivity contribution in [3.63, 3.8) is 0 Å². The van der Waals surface area contributed by atoms with Crippen LogP contribution < -0.4 is 4.72 Å². The number of sulfonamides is 1. The van der Waals surface area contributed by atoms with Gasteiger partial charge in [0.15, 0.2) is 0 Å². The fourth-order valence-corrected chi connectivity index (χ4v) is 3.41. The summed E-state index contributed by atoms with van der Waals surface area (Å²) in [7, 11) is -3.57. The van der Waals surface area contributed by atoms with Gasteiger partial charge in [0.2, 0.25) is 21.8 Å². The first-order chi connectivity index (χ1) is 12.5. The minimum absolute atomic E-state index is 0.173. The average Bonchev–Trinajstić information content (AvgIpc) is 3.11. The highest BCUT2D eigenvalue weighted by Crippen LogP contribution is 2.18. The first-order valence-electron chi connectivity index (χ1n) is 8.28. The lowest BCUT2D eigenvalue weighted by Crippen LogP contribution is -2.26. The highest BCUT2D eigenvalue weighted by Gasteiger charge is 2.15. The van der Waals surface area contributed by atoms with Gasteiger partial charge in [-0.1, -0.05) is 26.0 Å². The summed E-state index contributed by atoms with van der Waals surface area (Å²) >= 11 is 0. The standard InChI is InChI=1S/C18H20N4O3S/c1-13(2)14-3-5-16(6-4-14)26(23,24)20-12-9-17-21-22-18(25-17)15-7-10-19-11-8-15/h3-8,10-11,13,20H,9,12H2,1-2H3. The highest BCUT2D eigenvalue weighted by molar-refractivity contribution is 7.89. The molecule has 0 saturated carbocycles. The van der Waals surface area contributed by atoms with E-state index in [4.69, 9.17) is 4.42 Å². The largest absolute Gasteiger partial charge is 0.421 e. The van der Waals surface area contributed by atoms with E-state index in [0.29, 0.717) is 24.1 Å². The van der Waals surface area contributed by atoms with Crippen LogP contribution in [0, 0.1) is 0 Å². The van der Waals surface area contributed by atoms with Gasteiger partial charge in [-0.2, -0.15) is 0 Å². The molecular weight excluding hydrogens is 352 g/mol. The van der Waals surface area contributed by atoms with Gasteiger partial charge in [-0.15, -0.1) is 10.2 Å². The zero-order valence-electron chi connectivity index (χ0n) is 14.6. The predicted molar refractivity (Wildman–Crippen MR) is 97.0 cm³/mol. The average molecular weight is 372 g/mol. The van der Waals surface area contributed by atoms with Crippen LogP contribution in [0.2, 0.25) is 0 Å². The van der Waals surface area contributed by atoms with Crippen molar-refractivity contribution in [3.05, 3.63) is 60.2 Å². The topological polar surface area (TPSA) is 98.0 Å². The first-order valence-corrected chi connectivity index (χ1v) is 9.76. The fourth-order valence-electron chi connectivity index (χ4n) is 2.37. The summed E-state index contributed by atoms with van der Waals surface area (Å²) in [4.78, 5) is 4.17. The van der Waals surface area contributed by atoms with Crippen LogP contribution in [-0.4, -0.2) is 30.1 Å². The van der Waals surface area contributed by atoms with Crippen molar-refractivity contribution in [1.29, 1.82) is 0 Å². The lowest BCUT2D eigenvalue weighted by atomic mass is 10.0. The van der Waals surface area contributed by atoms with Crippen LogP contribution in [0.4, 0.5) is 0 Å². The monoisotopic (exact) mass is 372 g/mol. The molecule has 0 radical (unpaired) electrons.